The quantitative estimate of drug-likeness (QED) is 0.795. The number of nitrogens with one attached hydrogen (secondary N) is 1. The molecule has 16 heavy (non-hydrogen) atoms. The van der Waals surface area contributed by atoms with Gasteiger partial charge in [0.1, 0.15) is 0 Å². The maximum atomic E-state index is 11.9. The van der Waals surface area contributed by atoms with Gasteiger partial charge in [-0.25, -0.2) is 0 Å². The molecular formula is C11H17N3O2. The third-order valence-corrected chi connectivity index (χ3v) is 3.23. The summed E-state index contributed by atoms with van der Waals surface area (Å²) in [6, 6.07) is 0.182. The number of hydrogen-bond donors (Lipinski definition) is 2. The predicted molar refractivity (Wildman–Crippen MR) is 58.9 cm³/mol. The molecule has 1 fully saturated rings. The van der Waals surface area contributed by atoms with Crippen LogP contribution in [0.1, 0.15) is 35.4 Å². The van der Waals surface area contributed by atoms with E-state index >= 15 is 0 Å². The lowest BCUT2D eigenvalue weighted by Crippen LogP contribution is -2.39. The van der Waals surface area contributed by atoms with Crippen LogP contribution in [0.4, 0.5) is 0 Å². The SMILES string of the molecule is Cc1cnoc1C(=O)NC1CCCC1CN. The first-order chi connectivity index (χ1) is 7.72. The van der Waals surface area contributed by atoms with Crippen LogP contribution in [-0.2, 0) is 0 Å². The highest BCUT2D eigenvalue weighted by atomic mass is 16.5. The summed E-state index contributed by atoms with van der Waals surface area (Å²) in [6.45, 7) is 2.43. The highest BCUT2D eigenvalue weighted by Gasteiger charge is 2.28. The Morgan fingerprint density at radius 3 is 3.12 bits per heavy atom. The summed E-state index contributed by atoms with van der Waals surface area (Å²) >= 11 is 0. The molecule has 0 aromatic carbocycles. The van der Waals surface area contributed by atoms with Crippen molar-refractivity contribution in [3.63, 3.8) is 0 Å². The Hall–Kier alpha value is -1.36. The van der Waals surface area contributed by atoms with Crippen LogP contribution in [-0.4, -0.2) is 23.7 Å². The average molecular weight is 223 g/mol. The average Bonchev–Trinajstić information content (AvgIpc) is 2.86. The molecule has 0 aliphatic heterocycles. The standard InChI is InChI=1S/C11H17N3O2/c1-7-6-13-16-10(7)11(15)14-9-4-2-3-8(9)5-12/h6,8-9H,2-5,12H2,1H3,(H,14,15). The van der Waals surface area contributed by atoms with Crippen LogP contribution in [0.25, 0.3) is 0 Å². The molecule has 5 heteroatoms. The molecule has 2 rings (SSSR count). The molecule has 1 aliphatic rings. The zero-order valence-electron chi connectivity index (χ0n) is 9.40. The van der Waals surface area contributed by atoms with Gasteiger partial charge in [-0.15, -0.1) is 0 Å². The molecule has 1 aromatic heterocycles. The van der Waals surface area contributed by atoms with Crippen LogP contribution in [0.5, 0.6) is 0 Å². The first kappa shape index (κ1) is 11.1. The Bertz CT molecular complexity index is 375. The van der Waals surface area contributed by atoms with Gasteiger partial charge in [0, 0.05) is 11.6 Å². The monoisotopic (exact) mass is 223 g/mol. The van der Waals surface area contributed by atoms with Crippen molar-refractivity contribution in [1.82, 2.24) is 10.5 Å². The summed E-state index contributed by atoms with van der Waals surface area (Å²) in [5, 5.41) is 6.57. The fourth-order valence-corrected chi connectivity index (χ4v) is 2.25. The van der Waals surface area contributed by atoms with Crippen LogP contribution in [0.15, 0.2) is 10.7 Å². The summed E-state index contributed by atoms with van der Waals surface area (Å²) in [5.74, 6) is 0.523. The van der Waals surface area contributed by atoms with E-state index in [9.17, 15) is 4.79 Å². The lowest BCUT2D eigenvalue weighted by molar-refractivity contribution is 0.0890. The fraction of sp³-hybridized carbons (Fsp3) is 0.636. The zero-order valence-corrected chi connectivity index (χ0v) is 9.40. The Labute approximate surface area is 94.4 Å². The number of amides is 1. The molecule has 1 heterocycles. The predicted octanol–water partition coefficient (Wildman–Crippen LogP) is 0.840. The van der Waals surface area contributed by atoms with E-state index in [0.717, 1.165) is 24.8 Å². The van der Waals surface area contributed by atoms with Crippen molar-refractivity contribution >= 4 is 5.91 Å². The van der Waals surface area contributed by atoms with Gasteiger partial charge in [0.15, 0.2) is 0 Å². The maximum absolute atomic E-state index is 11.9. The normalized spacial score (nSPS) is 24.6. The minimum Gasteiger partial charge on any atom is -0.351 e. The lowest BCUT2D eigenvalue weighted by Gasteiger charge is -2.18. The largest absolute Gasteiger partial charge is 0.351 e. The first-order valence-corrected chi connectivity index (χ1v) is 5.64. The Morgan fingerprint density at radius 2 is 2.50 bits per heavy atom. The number of nitrogens with two attached hydrogens (primary N) is 1. The Kier molecular flexibility index (Phi) is 3.24. The van der Waals surface area contributed by atoms with Gasteiger partial charge in [0.25, 0.3) is 5.91 Å². The van der Waals surface area contributed by atoms with Gasteiger partial charge in [-0.2, -0.15) is 0 Å². The molecule has 1 saturated carbocycles. The topological polar surface area (TPSA) is 81.2 Å². The molecule has 0 spiro atoms. The van der Waals surface area contributed by atoms with Crippen LogP contribution in [0, 0.1) is 12.8 Å². The minimum atomic E-state index is -0.180. The number of hydrogen-bond acceptors (Lipinski definition) is 4. The van der Waals surface area contributed by atoms with E-state index in [1.165, 1.54) is 0 Å². The van der Waals surface area contributed by atoms with Crippen LogP contribution in [0.2, 0.25) is 0 Å². The highest BCUT2D eigenvalue weighted by molar-refractivity contribution is 5.92. The highest BCUT2D eigenvalue weighted by Crippen LogP contribution is 2.25. The third-order valence-electron chi connectivity index (χ3n) is 3.23. The van der Waals surface area contributed by atoms with E-state index in [1.54, 1.807) is 13.1 Å². The second kappa shape index (κ2) is 4.65. The van der Waals surface area contributed by atoms with E-state index in [-0.39, 0.29) is 11.9 Å². The third kappa shape index (κ3) is 2.09. The summed E-state index contributed by atoms with van der Waals surface area (Å²) < 4.78 is 4.91. The second-order valence-electron chi connectivity index (χ2n) is 4.34. The smallest absolute Gasteiger partial charge is 0.290 e. The summed E-state index contributed by atoms with van der Waals surface area (Å²) in [5.41, 5.74) is 6.43. The molecular weight excluding hydrogens is 206 g/mol. The van der Waals surface area contributed by atoms with Gasteiger partial charge >= 0.3 is 0 Å². The van der Waals surface area contributed by atoms with Crippen LogP contribution >= 0.6 is 0 Å². The molecule has 0 bridgehead atoms. The van der Waals surface area contributed by atoms with Gasteiger partial charge in [-0.05, 0) is 32.2 Å². The zero-order chi connectivity index (χ0) is 11.5. The Balaban J connectivity index is 2.00. The number of rotatable bonds is 3. The van der Waals surface area contributed by atoms with Crippen molar-refractivity contribution in [3.05, 3.63) is 17.5 Å². The molecule has 2 unspecified atom stereocenters. The van der Waals surface area contributed by atoms with Crippen LogP contribution < -0.4 is 11.1 Å². The van der Waals surface area contributed by atoms with Crippen molar-refractivity contribution in [2.45, 2.75) is 32.2 Å². The minimum absolute atomic E-state index is 0.180. The van der Waals surface area contributed by atoms with E-state index in [1.807, 2.05) is 0 Å². The van der Waals surface area contributed by atoms with Crippen molar-refractivity contribution in [1.29, 1.82) is 0 Å². The Morgan fingerprint density at radius 1 is 1.69 bits per heavy atom. The molecule has 1 amide bonds. The van der Waals surface area contributed by atoms with Gasteiger partial charge in [-0.1, -0.05) is 11.6 Å². The molecule has 1 aliphatic carbocycles. The summed E-state index contributed by atoms with van der Waals surface area (Å²) in [4.78, 5) is 11.9. The van der Waals surface area contributed by atoms with Gasteiger partial charge < -0.3 is 15.6 Å². The van der Waals surface area contributed by atoms with Crippen molar-refractivity contribution in [3.8, 4) is 0 Å². The van der Waals surface area contributed by atoms with Gasteiger partial charge in [-0.3, -0.25) is 4.79 Å². The number of nitrogens with zero attached hydrogens (tertiary/aromatic N) is 1. The van der Waals surface area contributed by atoms with Crippen molar-refractivity contribution in [2.24, 2.45) is 11.7 Å². The van der Waals surface area contributed by atoms with Gasteiger partial charge in [0.2, 0.25) is 5.76 Å². The van der Waals surface area contributed by atoms with Crippen molar-refractivity contribution in [2.75, 3.05) is 6.54 Å². The van der Waals surface area contributed by atoms with E-state index in [4.69, 9.17) is 10.3 Å². The summed E-state index contributed by atoms with van der Waals surface area (Å²) in [7, 11) is 0. The number of aromatic nitrogens is 1. The maximum Gasteiger partial charge on any atom is 0.290 e. The van der Waals surface area contributed by atoms with Gasteiger partial charge in [0.05, 0.1) is 6.20 Å². The van der Waals surface area contributed by atoms with E-state index < -0.39 is 0 Å². The molecule has 0 radical (unpaired) electrons. The summed E-state index contributed by atoms with van der Waals surface area (Å²) in [6.07, 6.45) is 4.77. The first-order valence-electron chi connectivity index (χ1n) is 5.64. The lowest BCUT2D eigenvalue weighted by atomic mass is 10.0. The van der Waals surface area contributed by atoms with E-state index in [0.29, 0.717) is 18.2 Å². The van der Waals surface area contributed by atoms with Crippen LogP contribution in [0.3, 0.4) is 0 Å². The molecule has 1 aromatic rings. The van der Waals surface area contributed by atoms with Crippen molar-refractivity contribution < 1.29 is 9.32 Å². The van der Waals surface area contributed by atoms with E-state index in [2.05, 4.69) is 10.5 Å². The molecule has 5 nitrogen and oxygen atoms in total. The second-order valence-corrected chi connectivity index (χ2v) is 4.34. The number of aryl methyl sites for hydroxylation is 1. The molecule has 2 atom stereocenters. The molecule has 0 saturated heterocycles. The number of carbonyl (C=O) groups is 1. The fourth-order valence-electron chi connectivity index (χ4n) is 2.25. The molecule has 88 valence electrons. The molecule has 3 N–H and O–H groups in total. The number of carbonyl (C=O) groups excluding carboxylic acids is 1.